The van der Waals surface area contributed by atoms with E-state index in [0.29, 0.717) is 48.5 Å². The van der Waals surface area contributed by atoms with Gasteiger partial charge < -0.3 is 40.6 Å². The summed E-state index contributed by atoms with van der Waals surface area (Å²) in [6.07, 6.45) is 0.701. The number of nitrogen functional groups attached to an aromatic ring is 2. The van der Waals surface area contributed by atoms with Crippen LogP contribution in [0.15, 0.2) is 48.5 Å². The third-order valence-corrected chi connectivity index (χ3v) is 8.28. The highest BCUT2D eigenvalue weighted by Gasteiger charge is 2.21. The summed E-state index contributed by atoms with van der Waals surface area (Å²) in [5, 5.41) is 20.2. The van der Waals surface area contributed by atoms with Crippen molar-refractivity contribution in [3.63, 3.8) is 0 Å². The number of aromatic nitrogens is 6. The number of nitrogens with two attached hydrogens (primary N) is 2. The second-order valence-corrected chi connectivity index (χ2v) is 13.3. The lowest BCUT2D eigenvalue weighted by molar-refractivity contribution is -0.137. The van der Waals surface area contributed by atoms with Crippen molar-refractivity contribution < 1.29 is 15.0 Å². The van der Waals surface area contributed by atoms with Gasteiger partial charge in [0.15, 0.2) is 11.6 Å². The topological polar surface area (TPSA) is 177 Å². The summed E-state index contributed by atoms with van der Waals surface area (Å²) in [7, 11) is 3.87. The lowest BCUT2D eigenvalue weighted by Gasteiger charge is -2.21. The van der Waals surface area contributed by atoms with E-state index in [4.69, 9.17) is 26.5 Å². The van der Waals surface area contributed by atoms with Crippen LogP contribution in [0.5, 0.6) is 0 Å². The Morgan fingerprint density at radius 2 is 1.16 bits per heavy atom. The van der Waals surface area contributed by atoms with Crippen LogP contribution in [-0.4, -0.2) is 79.0 Å². The second kappa shape index (κ2) is 14.9. The summed E-state index contributed by atoms with van der Waals surface area (Å²) in [4.78, 5) is 33.2. The number of hydrogen-bond donors (Lipinski definition) is 4. The molecule has 0 saturated heterocycles. The van der Waals surface area contributed by atoms with E-state index in [9.17, 15) is 9.90 Å². The van der Waals surface area contributed by atoms with Gasteiger partial charge in [0.1, 0.15) is 11.0 Å². The van der Waals surface area contributed by atoms with Crippen LogP contribution in [0.4, 0.5) is 23.5 Å². The fourth-order valence-electron chi connectivity index (χ4n) is 6.17. The van der Waals surface area contributed by atoms with E-state index >= 15 is 0 Å². The summed E-state index contributed by atoms with van der Waals surface area (Å²) in [6, 6.07) is 15.9. The molecule has 2 aromatic carbocycles. The number of fused-ring (bicyclic) bond motifs is 6. The van der Waals surface area contributed by atoms with E-state index in [1.807, 2.05) is 66.4 Å². The quantitative estimate of drug-likeness (QED) is 0.132. The number of aliphatic carboxylic acids is 1. The Morgan fingerprint density at radius 1 is 0.735 bits per heavy atom. The van der Waals surface area contributed by atoms with Crippen molar-refractivity contribution in [3.8, 4) is 0 Å². The Balaban J connectivity index is 0.000000192. The van der Waals surface area contributed by atoms with Crippen LogP contribution in [-0.2, 0) is 17.9 Å². The van der Waals surface area contributed by atoms with Crippen molar-refractivity contribution in [3.05, 3.63) is 48.5 Å². The highest BCUT2D eigenvalue weighted by molar-refractivity contribution is 6.08. The lowest BCUT2D eigenvalue weighted by atomic mass is 10.1. The van der Waals surface area contributed by atoms with Crippen LogP contribution >= 0.6 is 0 Å². The Labute approximate surface area is 286 Å². The number of hydrogen-bond acceptors (Lipinski definition) is 10. The van der Waals surface area contributed by atoms with Crippen LogP contribution in [0.3, 0.4) is 0 Å². The number of likely N-dealkylation sites (N-methyl/N-ethyl adjacent to an activating group) is 1. The van der Waals surface area contributed by atoms with Gasteiger partial charge in [0.05, 0.1) is 28.7 Å². The SMILES string of the molecule is CC(C)Cn1c(N(C)CCCC(=O)O)nc2c(N)nc3ccccc3c21.CC(C)Cn1c(N(C)CCO)nc2c(N)nc3ccccc3c21. The van der Waals surface area contributed by atoms with Gasteiger partial charge in [-0.3, -0.25) is 4.79 Å². The fraction of sp³-hybridized carbons (Fsp3) is 0.417. The molecular formula is C36H48N10O3. The van der Waals surface area contributed by atoms with Crippen LogP contribution in [0.25, 0.3) is 43.9 Å². The van der Waals surface area contributed by atoms with E-state index in [0.717, 1.165) is 63.3 Å². The van der Waals surface area contributed by atoms with Crippen molar-refractivity contribution in [1.29, 1.82) is 0 Å². The number of aliphatic hydroxyl groups excluding tert-OH is 1. The molecular weight excluding hydrogens is 620 g/mol. The molecule has 13 nitrogen and oxygen atoms in total. The maximum Gasteiger partial charge on any atom is 0.303 e. The number of rotatable bonds is 12. The number of imidazole rings is 2. The molecule has 6 rings (SSSR count). The molecule has 0 radical (unpaired) electrons. The van der Waals surface area contributed by atoms with Crippen molar-refractivity contribution in [2.24, 2.45) is 11.8 Å². The molecule has 6 aromatic rings. The molecule has 0 bridgehead atoms. The average molecular weight is 669 g/mol. The molecule has 0 aliphatic carbocycles. The van der Waals surface area contributed by atoms with Crippen molar-refractivity contribution in [1.82, 2.24) is 29.1 Å². The predicted molar refractivity (Wildman–Crippen MR) is 199 cm³/mol. The van der Waals surface area contributed by atoms with Crippen molar-refractivity contribution in [2.45, 2.75) is 53.6 Å². The van der Waals surface area contributed by atoms with Gasteiger partial charge in [-0.15, -0.1) is 0 Å². The van der Waals surface area contributed by atoms with Gasteiger partial charge in [-0.2, -0.15) is 0 Å². The Hall–Kier alpha value is -5.17. The van der Waals surface area contributed by atoms with Crippen LogP contribution in [0.2, 0.25) is 0 Å². The minimum absolute atomic E-state index is 0.0792. The molecule has 0 aliphatic heterocycles. The predicted octanol–water partition coefficient (Wildman–Crippen LogP) is 5.37. The Bertz CT molecular complexity index is 2080. The number of anilines is 4. The number of pyridine rings is 2. The monoisotopic (exact) mass is 668 g/mol. The summed E-state index contributed by atoms with van der Waals surface area (Å²) in [5.41, 5.74) is 17.5. The number of nitrogens with zero attached hydrogens (tertiary/aromatic N) is 8. The number of carboxylic acids is 1. The second-order valence-electron chi connectivity index (χ2n) is 13.3. The summed E-state index contributed by atoms with van der Waals surface area (Å²) < 4.78 is 4.37. The zero-order chi connectivity index (χ0) is 35.4. The highest BCUT2D eigenvalue weighted by atomic mass is 16.4. The lowest BCUT2D eigenvalue weighted by Crippen LogP contribution is -2.25. The highest BCUT2D eigenvalue weighted by Crippen LogP contribution is 2.33. The van der Waals surface area contributed by atoms with Crippen LogP contribution in [0.1, 0.15) is 40.5 Å². The zero-order valence-electron chi connectivity index (χ0n) is 29.3. The molecule has 0 aliphatic rings. The van der Waals surface area contributed by atoms with Crippen molar-refractivity contribution in [2.75, 3.05) is 55.1 Å². The van der Waals surface area contributed by atoms with Crippen LogP contribution < -0.4 is 21.3 Å². The minimum Gasteiger partial charge on any atom is -0.481 e. The third-order valence-electron chi connectivity index (χ3n) is 8.28. The van der Waals surface area contributed by atoms with Gasteiger partial charge in [-0.1, -0.05) is 64.1 Å². The Kier molecular flexibility index (Phi) is 10.7. The van der Waals surface area contributed by atoms with E-state index in [1.54, 1.807) is 0 Å². The smallest absolute Gasteiger partial charge is 0.303 e. The first kappa shape index (κ1) is 35.1. The maximum absolute atomic E-state index is 10.8. The molecule has 0 spiro atoms. The molecule has 0 unspecified atom stereocenters. The molecule has 0 fully saturated rings. The van der Waals surface area contributed by atoms with Crippen LogP contribution in [0, 0.1) is 11.8 Å². The van der Waals surface area contributed by atoms with E-state index in [2.05, 4.69) is 52.9 Å². The number of benzene rings is 2. The molecule has 0 amide bonds. The van der Waals surface area contributed by atoms with E-state index in [-0.39, 0.29) is 13.0 Å². The standard InChI is InChI=1S/C19H25N5O2.C17H23N5O/c1-12(2)11-24-17-13-7-4-5-8-14(13)21-18(20)16(17)22-19(24)23(3)10-6-9-15(25)26;1-11(2)10-22-15-12-6-4-5-7-13(12)19-16(18)14(15)20-17(22)21(3)8-9-23/h4-5,7-8,12H,6,9-11H2,1-3H3,(H2,20,21)(H,25,26);4-7,11,23H,8-10H2,1-3H3,(H2,18,19). The molecule has 0 saturated carbocycles. The van der Waals surface area contributed by atoms with Crippen molar-refractivity contribution >= 4 is 73.4 Å². The number of carboxylic acid groups (broad SMARTS) is 1. The van der Waals surface area contributed by atoms with Gasteiger partial charge in [0.2, 0.25) is 11.9 Å². The first-order chi connectivity index (χ1) is 23.4. The van der Waals surface area contributed by atoms with Gasteiger partial charge >= 0.3 is 5.97 Å². The van der Waals surface area contributed by atoms with Gasteiger partial charge in [-0.05, 0) is 30.4 Å². The largest absolute Gasteiger partial charge is 0.481 e. The molecule has 49 heavy (non-hydrogen) atoms. The number of carbonyl (C=O) groups is 1. The molecule has 4 aromatic heterocycles. The van der Waals surface area contributed by atoms with E-state index < -0.39 is 5.97 Å². The van der Waals surface area contributed by atoms with Gasteiger partial charge in [0.25, 0.3) is 0 Å². The first-order valence-corrected chi connectivity index (χ1v) is 16.7. The van der Waals surface area contributed by atoms with Gasteiger partial charge in [-0.25, -0.2) is 19.9 Å². The molecule has 4 heterocycles. The summed E-state index contributed by atoms with van der Waals surface area (Å²) >= 11 is 0. The minimum atomic E-state index is -0.784. The third kappa shape index (κ3) is 7.46. The van der Waals surface area contributed by atoms with E-state index in [1.165, 1.54) is 0 Å². The average Bonchev–Trinajstić information content (AvgIpc) is 3.61. The fourth-order valence-corrected chi connectivity index (χ4v) is 6.17. The first-order valence-electron chi connectivity index (χ1n) is 16.7. The molecule has 260 valence electrons. The number of aliphatic hydroxyl groups is 1. The number of para-hydroxylation sites is 2. The maximum atomic E-state index is 10.8. The molecule has 13 heteroatoms. The molecule has 0 atom stereocenters. The molecule has 6 N–H and O–H groups in total. The summed E-state index contributed by atoms with van der Waals surface area (Å²) in [5.74, 6) is 2.57. The normalized spacial score (nSPS) is 11.6. The Morgan fingerprint density at radius 3 is 1.57 bits per heavy atom. The zero-order valence-corrected chi connectivity index (χ0v) is 29.3. The summed E-state index contributed by atoms with van der Waals surface area (Å²) in [6.45, 7) is 11.5. The van der Waals surface area contributed by atoms with Gasteiger partial charge in [0, 0.05) is 57.5 Å².